The molecule has 0 bridgehead atoms. The van der Waals surface area contributed by atoms with Crippen LogP contribution in [-0.2, 0) is 16.6 Å². The van der Waals surface area contributed by atoms with Gasteiger partial charge in [0.1, 0.15) is 9.90 Å². The highest BCUT2D eigenvalue weighted by molar-refractivity contribution is 9.10. The Kier molecular flexibility index (Phi) is 4.19. The van der Waals surface area contributed by atoms with E-state index in [1.165, 1.54) is 17.4 Å². The summed E-state index contributed by atoms with van der Waals surface area (Å²) in [6, 6.07) is 2.37. The first-order chi connectivity index (χ1) is 8.90. The third kappa shape index (κ3) is 3.30. The standard InChI is InChI=1S/C10H9BrFN3O2S2/c11-7-3-6(13)4-8(10(7)12)19(16,17)15-5-9-14-1-2-18-9/h1-4,15H,5,13H2. The molecule has 0 saturated heterocycles. The Balaban J connectivity index is 2.29. The lowest BCUT2D eigenvalue weighted by molar-refractivity contribution is 0.554. The number of sulfonamides is 1. The summed E-state index contributed by atoms with van der Waals surface area (Å²) in [4.78, 5) is 3.44. The molecular weight excluding hydrogens is 357 g/mol. The minimum atomic E-state index is -3.98. The average molecular weight is 366 g/mol. The maximum absolute atomic E-state index is 13.8. The van der Waals surface area contributed by atoms with Crippen LogP contribution in [0.3, 0.4) is 0 Å². The van der Waals surface area contributed by atoms with E-state index in [2.05, 4.69) is 25.6 Å². The molecule has 1 heterocycles. The first-order valence-electron chi connectivity index (χ1n) is 5.02. The van der Waals surface area contributed by atoms with Crippen molar-refractivity contribution < 1.29 is 12.8 Å². The molecule has 0 saturated carbocycles. The van der Waals surface area contributed by atoms with E-state index in [1.807, 2.05) is 0 Å². The minimum absolute atomic E-state index is 0.00197. The number of nitrogens with one attached hydrogen (secondary N) is 1. The lowest BCUT2D eigenvalue weighted by Gasteiger charge is -2.08. The second kappa shape index (κ2) is 5.53. The molecule has 2 rings (SSSR count). The van der Waals surface area contributed by atoms with E-state index in [4.69, 9.17) is 5.73 Å². The van der Waals surface area contributed by atoms with Gasteiger partial charge in [-0.25, -0.2) is 22.5 Å². The topological polar surface area (TPSA) is 85.1 Å². The minimum Gasteiger partial charge on any atom is -0.399 e. The predicted octanol–water partition coefficient (Wildman–Crippen LogP) is 2.11. The molecule has 0 spiro atoms. The number of aromatic nitrogens is 1. The molecule has 0 aliphatic carbocycles. The summed E-state index contributed by atoms with van der Waals surface area (Å²) in [5.74, 6) is -0.874. The molecule has 3 N–H and O–H groups in total. The maximum Gasteiger partial charge on any atom is 0.243 e. The van der Waals surface area contributed by atoms with Crippen molar-refractivity contribution in [3.8, 4) is 0 Å². The fraction of sp³-hybridized carbons (Fsp3) is 0.100. The number of nitrogens with zero attached hydrogens (tertiary/aromatic N) is 1. The van der Waals surface area contributed by atoms with E-state index < -0.39 is 20.7 Å². The van der Waals surface area contributed by atoms with Crippen molar-refractivity contribution in [2.75, 3.05) is 5.73 Å². The van der Waals surface area contributed by atoms with Crippen molar-refractivity contribution >= 4 is 43.0 Å². The second-order valence-corrected chi connectivity index (χ2v) is 7.13. The van der Waals surface area contributed by atoms with Gasteiger partial charge in [-0.05, 0) is 28.1 Å². The molecule has 5 nitrogen and oxygen atoms in total. The van der Waals surface area contributed by atoms with Crippen LogP contribution in [-0.4, -0.2) is 13.4 Å². The maximum atomic E-state index is 13.8. The van der Waals surface area contributed by atoms with Crippen LogP contribution in [0.5, 0.6) is 0 Å². The number of hydrogen-bond donors (Lipinski definition) is 2. The summed E-state index contributed by atoms with van der Waals surface area (Å²) >= 11 is 4.23. The lowest BCUT2D eigenvalue weighted by atomic mass is 10.3. The fourth-order valence-electron chi connectivity index (χ4n) is 1.35. The van der Waals surface area contributed by atoms with Gasteiger partial charge in [0.25, 0.3) is 0 Å². The fourth-order valence-corrected chi connectivity index (χ4v) is 3.73. The Hall–Kier alpha value is -1.03. The normalized spacial score (nSPS) is 11.7. The number of hydrogen-bond acceptors (Lipinski definition) is 5. The Morgan fingerprint density at radius 1 is 1.47 bits per heavy atom. The van der Waals surface area contributed by atoms with Gasteiger partial charge in [0.05, 0.1) is 11.0 Å². The zero-order valence-electron chi connectivity index (χ0n) is 9.43. The van der Waals surface area contributed by atoms with Gasteiger partial charge in [0, 0.05) is 17.3 Å². The quantitative estimate of drug-likeness (QED) is 0.812. The van der Waals surface area contributed by atoms with Gasteiger partial charge in [0.15, 0.2) is 5.82 Å². The summed E-state index contributed by atoms with van der Waals surface area (Å²) < 4.78 is 40.1. The highest BCUT2D eigenvalue weighted by Crippen LogP contribution is 2.26. The van der Waals surface area contributed by atoms with Crippen LogP contribution in [0.25, 0.3) is 0 Å². The van der Waals surface area contributed by atoms with Crippen molar-refractivity contribution in [3.63, 3.8) is 0 Å². The summed E-state index contributed by atoms with van der Waals surface area (Å²) in [5, 5.41) is 2.31. The van der Waals surface area contributed by atoms with Crippen LogP contribution < -0.4 is 10.5 Å². The van der Waals surface area contributed by atoms with Crippen LogP contribution in [0, 0.1) is 5.82 Å². The monoisotopic (exact) mass is 365 g/mol. The van der Waals surface area contributed by atoms with Crippen molar-refractivity contribution in [2.24, 2.45) is 0 Å². The molecule has 19 heavy (non-hydrogen) atoms. The van der Waals surface area contributed by atoms with Crippen LogP contribution in [0.2, 0.25) is 0 Å². The number of halogens is 2. The zero-order valence-corrected chi connectivity index (χ0v) is 12.6. The number of nitrogen functional groups attached to an aromatic ring is 1. The summed E-state index contributed by atoms with van der Waals surface area (Å²) in [5.41, 5.74) is 5.67. The molecule has 0 radical (unpaired) electrons. The average Bonchev–Trinajstić information content (AvgIpc) is 2.84. The lowest BCUT2D eigenvalue weighted by Crippen LogP contribution is -2.24. The van der Waals surface area contributed by atoms with Crippen molar-refractivity contribution in [3.05, 3.63) is 39.0 Å². The molecule has 0 atom stereocenters. The van der Waals surface area contributed by atoms with Gasteiger partial charge < -0.3 is 5.73 Å². The Labute approximate surface area is 121 Å². The van der Waals surface area contributed by atoms with E-state index in [9.17, 15) is 12.8 Å². The molecule has 0 fully saturated rings. The molecule has 2 aromatic rings. The Morgan fingerprint density at radius 2 is 2.21 bits per heavy atom. The number of anilines is 1. The van der Waals surface area contributed by atoms with Gasteiger partial charge in [-0.15, -0.1) is 11.3 Å². The molecule has 9 heteroatoms. The molecule has 102 valence electrons. The molecule has 0 amide bonds. The zero-order chi connectivity index (χ0) is 14.0. The number of thiazole rings is 1. The van der Waals surface area contributed by atoms with Gasteiger partial charge in [-0.1, -0.05) is 0 Å². The molecular formula is C10H9BrFN3O2S2. The third-order valence-electron chi connectivity index (χ3n) is 2.20. The Morgan fingerprint density at radius 3 is 2.84 bits per heavy atom. The van der Waals surface area contributed by atoms with Crippen LogP contribution >= 0.6 is 27.3 Å². The molecule has 0 aliphatic rings. The number of benzene rings is 1. The van der Waals surface area contributed by atoms with Crippen molar-refractivity contribution in [2.45, 2.75) is 11.4 Å². The first kappa shape index (κ1) is 14.4. The van der Waals surface area contributed by atoms with E-state index in [1.54, 1.807) is 11.6 Å². The first-order valence-corrected chi connectivity index (χ1v) is 8.18. The van der Waals surface area contributed by atoms with E-state index in [0.29, 0.717) is 5.01 Å². The van der Waals surface area contributed by atoms with E-state index in [-0.39, 0.29) is 16.7 Å². The molecule has 1 aromatic heterocycles. The summed E-state index contributed by atoms with van der Waals surface area (Å²) in [7, 11) is -3.98. The summed E-state index contributed by atoms with van der Waals surface area (Å²) in [6.07, 6.45) is 1.56. The SMILES string of the molecule is Nc1cc(Br)c(F)c(S(=O)(=O)NCc2nccs2)c1. The smallest absolute Gasteiger partial charge is 0.243 e. The highest BCUT2D eigenvalue weighted by Gasteiger charge is 2.21. The third-order valence-corrected chi connectivity index (χ3v) is 4.96. The highest BCUT2D eigenvalue weighted by atomic mass is 79.9. The van der Waals surface area contributed by atoms with Crippen molar-refractivity contribution in [1.29, 1.82) is 0 Å². The number of nitrogens with two attached hydrogens (primary N) is 1. The van der Waals surface area contributed by atoms with Gasteiger partial charge in [-0.3, -0.25) is 0 Å². The number of rotatable bonds is 4. The van der Waals surface area contributed by atoms with Crippen LogP contribution in [0.1, 0.15) is 5.01 Å². The second-order valence-electron chi connectivity index (χ2n) is 3.57. The van der Waals surface area contributed by atoms with Gasteiger partial charge in [0.2, 0.25) is 10.0 Å². The predicted molar refractivity (Wildman–Crippen MR) is 74.7 cm³/mol. The van der Waals surface area contributed by atoms with Gasteiger partial charge in [-0.2, -0.15) is 0 Å². The Bertz CT molecular complexity index is 689. The molecule has 0 aliphatic heterocycles. The van der Waals surface area contributed by atoms with Crippen molar-refractivity contribution in [1.82, 2.24) is 9.71 Å². The molecule has 1 aromatic carbocycles. The van der Waals surface area contributed by atoms with E-state index >= 15 is 0 Å². The van der Waals surface area contributed by atoms with Crippen LogP contribution in [0.4, 0.5) is 10.1 Å². The summed E-state index contributed by atoms with van der Waals surface area (Å²) in [6.45, 7) is 0.00581. The van der Waals surface area contributed by atoms with E-state index in [0.717, 1.165) is 6.07 Å². The largest absolute Gasteiger partial charge is 0.399 e. The van der Waals surface area contributed by atoms with Gasteiger partial charge >= 0.3 is 0 Å². The van der Waals surface area contributed by atoms with Crippen LogP contribution in [0.15, 0.2) is 33.1 Å². The molecule has 0 unspecified atom stereocenters.